The number of thiazole rings is 1. The average molecular weight is 413 g/mol. The van der Waals surface area contributed by atoms with Crippen molar-refractivity contribution in [3.8, 4) is 21.8 Å². The minimum absolute atomic E-state index is 0.266. The lowest BCUT2D eigenvalue weighted by Gasteiger charge is -1.99. The zero-order chi connectivity index (χ0) is 14.1. The van der Waals surface area contributed by atoms with E-state index in [1.165, 1.54) is 6.07 Å². The first-order valence-corrected chi connectivity index (χ1v) is 8.27. The minimum Gasteiger partial charge on any atom is -0.236 e. The third-order valence-electron chi connectivity index (χ3n) is 2.79. The molecule has 1 heterocycles. The number of benzene rings is 2. The van der Waals surface area contributed by atoms with Gasteiger partial charge in [-0.15, -0.1) is 11.3 Å². The molecule has 20 heavy (non-hydrogen) atoms. The Kier molecular flexibility index (Phi) is 4.01. The third-order valence-corrected chi connectivity index (χ3v) is 4.78. The van der Waals surface area contributed by atoms with Crippen LogP contribution in [0.25, 0.3) is 21.8 Å². The topological polar surface area (TPSA) is 12.9 Å². The van der Waals surface area contributed by atoms with Gasteiger partial charge in [0.15, 0.2) is 0 Å². The Balaban J connectivity index is 1.99. The molecule has 100 valence electrons. The maximum absolute atomic E-state index is 13.3. The molecule has 0 radical (unpaired) electrons. The Hall–Kier alpha value is -1.04. The van der Waals surface area contributed by atoms with Crippen molar-refractivity contribution in [2.24, 2.45) is 0 Å². The largest absolute Gasteiger partial charge is 0.236 e. The first kappa shape index (κ1) is 13.9. The van der Waals surface area contributed by atoms with Crippen molar-refractivity contribution in [3.63, 3.8) is 0 Å². The van der Waals surface area contributed by atoms with Gasteiger partial charge >= 0.3 is 0 Å². The Morgan fingerprint density at radius 3 is 2.60 bits per heavy atom. The summed E-state index contributed by atoms with van der Waals surface area (Å²) in [6.07, 6.45) is 0. The standard InChI is InChI=1S/C15H8Br2FNS/c16-11-3-1-2-9(6-11)14-8-20-15(19-14)10-4-5-13(18)12(17)7-10/h1-8H. The smallest absolute Gasteiger partial charge is 0.137 e. The second-order valence-corrected chi connectivity index (χ2v) is 6.81. The normalized spacial score (nSPS) is 10.8. The molecule has 0 fully saturated rings. The van der Waals surface area contributed by atoms with E-state index >= 15 is 0 Å². The van der Waals surface area contributed by atoms with E-state index in [-0.39, 0.29) is 5.82 Å². The number of hydrogen-bond donors (Lipinski definition) is 0. The van der Waals surface area contributed by atoms with Crippen LogP contribution < -0.4 is 0 Å². The van der Waals surface area contributed by atoms with Crippen LogP contribution in [-0.4, -0.2) is 4.98 Å². The van der Waals surface area contributed by atoms with E-state index in [0.717, 1.165) is 26.3 Å². The molecule has 0 saturated carbocycles. The van der Waals surface area contributed by atoms with Crippen molar-refractivity contribution in [2.75, 3.05) is 0 Å². The van der Waals surface area contributed by atoms with Crippen molar-refractivity contribution in [1.29, 1.82) is 0 Å². The molecular weight excluding hydrogens is 405 g/mol. The Labute approximate surface area is 136 Å². The number of halogens is 3. The van der Waals surface area contributed by atoms with Crippen molar-refractivity contribution >= 4 is 43.2 Å². The maximum atomic E-state index is 13.3. The molecule has 0 amide bonds. The molecule has 0 N–H and O–H groups in total. The molecule has 0 aliphatic rings. The molecule has 0 aliphatic carbocycles. The van der Waals surface area contributed by atoms with Gasteiger partial charge in [0, 0.05) is 21.0 Å². The predicted octanol–water partition coefficient (Wildman–Crippen LogP) is 6.14. The van der Waals surface area contributed by atoms with Gasteiger partial charge in [-0.2, -0.15) is 0 Å². The Morgan fingerprint density at radius 2 is 1.85 bits per heavy atom. The van der Waals surface area contributed by atoms with E-state index in [4.69, 9.17) is 0 Å². The summed E-state index contributed by atoms with van der Waals surface area (Å²) in [6, 6.07) is 12.9. The number of nitrogens with zero attached hydrogens (tertiary/aromatic N) is 1. The third kappa shape index (κ3) is 2.85. The summed E-state index contributed by atoms with van der Waals surface area (Å²) in [4.78, 5) is 4.62. The fraction of sp³-hybridized carbons (Fsp3) is 0. The second-order valence-electron chi connectivity index (χ2n) is 4.18. The van der Waals surface area contributed by atoms with Gasteiger partial charge in [-0.1, -0.05) is 28.1 Å². The summed E-state index contributed by atoms with van der Waals surface area (Å²) in [6.45, 7) is 0. The molecular formula is C15H8Br2FNS. The van der Waals surface area contributed by atoms with Crippen LogP contribution in [0.15, 0.2) is 56.8 Å². The molecule has 2 aromatic carbocycles. The van der Waals surface area contributed by atoms with Crippen LogP contribution in [0.2, 0.25) is 0 Å². The van der Waals surface area contributed by atoms with Gasteiger partial charge in [0.05, 0.1) is 10.2 Å². The van der Waals surface area contributed by atoms with Crippen LogP contribution in [0.5, 0.6) is 0 Å². The zero-order valence-electron chi connectivity index (χ0n) is 10.1. The summed E-state index contributed by atoms with van der Waals surface area (Å²) in [5.74, 6) is -0.266. The van der Waals surface area contributed by atoms with E-state index in [1.54, 1.807) is 23.5 Å². The van der Waals surface area contributed by atoms with Gasteiger partial charge in [-0.05, 0) is 46.3 Å². The number of hydrogen-bond acceptors (Lipinski definition) is 2. The van der Waals surface area contributed by atoms with Gasteiger partial charge in [0.1, 0.15) is 10.8 Å². The van der Waals surface area contributed by atoms with Crippen molar-refractivity contribution in [1.82, 2.24) is 4.98 Å². The highest BCUT2D eigenvalue weighted by Crippen LogP contribution is 2.31. The van der Waals surface area contributed by atoms with Gasteiger partial charge in [0.25, 0.3) is 0 Å². The van der Waals surface area contributed by atoms with Crippen LogP contribution >= 0.6 is 43.2 Å². The SMILES string of the molecule is Fc1ccc(-c2nc(-c3cccc(Br)c3)cs2)cc1Br. The van der Waals surface area contributed by atoms with Crippen LogP contribution in [0.1, 0.15) is 0 Å². The molecule has 0 unspecified atom stereocenters. The molecule has 1 aromatic heterocycles. The van der Waals surface area contributed by atoms with E-state index in [9.17, 15) is 4.39 Å². The lowest BCUT2D eigenvalue weighted by molar-refractivity contribution is 0.621. The number of rotatable bonds is 2. The average Bonchev–Trinajstić information content (AvgIpc) is 2.92. The molecule has 1 nitrogen and oxygen atoms in total. The molecule has 0 bridgehead atoms. The summed E-state index contributed by atoms with van der Waals surface area (Å²) in [7, 11) is 0. The predicted molar refractivity (Wildman–Crippen MR) is 88.3 cm³/mol. The molecule has 5 heteroatoms. The number of aromatic nitrogens is 1. The molecule has 3 aromatic rings. The van der Waals surface area contributed by atoms with E-state index < -0.39 is 0 Å². The maximum Gasteiger partial charge on any atom is 0.137 e. The van der Waals surface area contributed by atoms with E-state index in [2.05, 4.69) is 36.8 Å². The van der Waals surface area contributed by atoms with Gasteiger partial charge in [-0.3, -0.25) is 0 Å². The second kappa shape index (κ2) is 5.76. The van der Waals surface area contributed by atoms with E-state index in [1.807, 2.05) is 29.6 Å². The Bertz CT molecular complexity index is 770. The van der Waals surface area contributed by atoms with E-state index in [0.29, 0.717) is 4.47 Å². The lowest BCUT2D eigenvalue weighted by atomic mass is 10.2. The van der Waals surface area contributed by atoms with Crippen LogP contribution in [0.3, 0.4) is 0 Å². The quantitative estimate of drug-likeness (QED) is 0.492. The zero-order valence-corrected chi connectivity index (χ0v) is 14.1. The van der Waals surface area contributed by atoms with Crippen LogP contribution in [-0.2, 0) is 0 Å². The fourth-order valence-electron chi connectivity index (χ4n) is 1.82. The highest BCUT2D eigenvalue weighted by molar-refractivity contribution is 9.10. The summed E-state index contributed by atoms with van der Waals surface area (Å²) >= 11 is 8.20. The molecule has 3 rings (SSSR count). The van der Waals surface area contributed by atoms with Crippen molar-refractivity contribution in [3.05, 3.63) is 62.6 Å². The first-order chi connectivity index (χ1) is 9.63. The molecule has 0 spiro atoms. The monoisotopic (exact) mass is 411 g/mol. The van der Waals surface area contributed by atoms with Crippen molar-refractivity contribution in [2.45, 2.75) is 0 Å². The summed E-state index contributed by atoms with van der Waals surface area (Å²) in [5.41, 5.74) is 2.89. The minimum atomic E-state index is -0.266. The van der Waals surface area contributed by atoms with Crippen molar-refractivity contribution < 1.29 is 4.39 Å². The lowest BCUT2D eigenvalue weighted by Crippen LogP contribution is -1.82. The Morgan fingerprint density at radius 1 is 1.00 bits per heavy atom. The molecule has 0 aliphatic heterocycles. The fourth-order valence-corrected chi connectivity index (χ4v) is 3.42. The van der Waals surface area contributed by atoms with Crippen LogP contribution in [0.4, 0.5) is 4.39 Å². The van der Waals surface area contributed by atoms with Crippen LogP contribution in [0, 0.1) is 5.82 Å². The highest BCUT2D eigenvalue weighted by Gasteiger charge is 2.09. The van der Waals surface area contributed by atoms with Gasteiger partial charge in [-0.25, -0.2) is 9.37 Å². The summed E-state index contributed by atoms with van der Waals surface area (Å²) in [5, 5.41) is 2.88. The molecule has 0 atom stereocenters. The van der Waals surface area contributed by atoms with Gasteiger partial charge < -0.3 is 0 Å². The molecule has 0 saturated heterocycles. The first-order valence-electron chi connectivity index (χ1n) is 5.80. The van der Waals surface area contributed by atoms with Gasteiger partial charge in [0.2, 0.25) is 0 Å². The summed E-state index contributed by atoms with van der Waals surface area (Å²) < 4.78 is 14.7. The highest BCUT2D eigenvalue weighted by atomic mass is 79.9.